The molecule has 0 radical (unpaired) electrons. The third-order valence-corrected chi connectivity index (χ3v) is 5.98. The van der Waals surface area contributed by atoms with Crippen molar-refractivity contribution in [1.82, 2.24) is 19.9 Å². The molecule has 3 rings (SSSR count). The Hall–Kier alpha value is -1.81. The van der Waals surface area contributed by atoms with Crippen molar-refractivity contribution in [3.63, 3.8) is 0 Å². The Morgan fingerprint density at radius 1 is 1.22 bits per heavy atom. The predicted octanol–water partition coefficient (Wildman–Crippen LogP) is 2.37. The van der Waals surface area contributed by atoms with E-state index < -0.39 is 10.0 Å². The van der Waals surface area contributed by atoms with Crippen molar-refractivity contribution in [2.24, 2.45) is 0 Å². The summed E-state index contributed by atoms with van der Waals surface area (Å²) < 4.78 is 32.6. The second-order valence-electron chi connectivity index (χ2n) is 4.42. The molecular formula is C13H11ClN4O3S2. The first-order valence-electron chi connectivity index (χ1n) is 6.53. The average molecular weight is 371 g/mol. The molecule has 0 aliphatic carbocycles. The highest BCUT2D eigenvalue weighted by molar-refractivity contribution is 7.91. The largest absolute Gasteiger partial charge is 0.419 e. The number of aromatic nitrogens is 3. The Kier molecular flexibility index (Phi) is 4.71. The number of sulfonamides is 1. The van der Waals surface area contributed by atoms with E-state index in [0.29, 0.717) is 21.8 Å². The summed E-state index contributed by atoms with van der Waals surface area (Å²) in [6.45, 7) is 0.141. The Morgan fingerprint density at radius 2 is 2.09 bits per heavy atom. The first-order valence-corrected chi connectivity index (χ1v) is 9.21. The summed E-state index contributed by atoms with van der Waals surface area (Å²) in [5.74, 6) is 0.631. The molecule has 0 saturated heterocycles. The van der Waals surface area contributed by atoms with E-state index >= 15 is 0 Å². The Labute approximate surface area is 141 Å². The van der Waals surface area contributed by atoms with Gasteiger partial charge in [-0.2, -0.15) is 0 Å². The van der Waals surface area contributed by atoms with Crippen LogP contribution in [0.2, 0.25) is 4.34 Å². The van der Waals surface area contributed by atoms with Crippen LogP contribution in [0.5, 0.6) is 0 Å². The molecule has 3 heterocycles. The van der Waals surface area contributed by atoms with E-state index in [1.54, 1.807) is 18.3 Å². The van der Waals surface area contributed by atoms with Crippen molar-refractivity contribution in [3.8, 4) is 11.6 Å². The number of hydrogen-bond donors (Lipinski definition) is 1. The third kappa shape index (κ3) is 3.94. The van der Waals surface area contributed by atoms with Crippen LogP contribution in [0.15, 0.2) is 45.2 Å². The molecule has 3 aromatic heterocycles. The van der Waals surface area contributed by atoms with Gasteiger partial charge in [0.25, 0.3) is 5.89 Å². The summed E-state index contributed by atoms with van der Waals surface area (Å²) in [6.07, 6.45) is 1.90. The Bertz CT molecular complexity index is 893. The van der Waals surface area contributed by atoms with Gasteiger partial charge >= 0.3 is 0 Å². The maximum atomic E-state index is 12.0. The molecule has 3 aromatic rings. The first kappa shape index (κ1) is 16.1. The van der Waals surface area contributed by atoms with Gasteiger partial charge in [-0.05, 0) is 24.3 Å². The monoisotopic (exact) mass is 370 g/mol. The molecule has 0 bridgehead atoms. The molecule has 120 valence electrons. The SMILES string of the molecule is O=S(=O)(NCCc1nnc(-c2ccccn2)o1)c1ccc(Cl)s1. The lowest BCUT2D eigenvalue weighted by atomic mass is 10.3. The summed E-state index contributed by atoms with van der Waals surface area (Å²) in [7, 11) is -3.57. The summed E-state index contributed by atoms with van der Waals surface area (Å²) in [4.78, 5) is 4.10. The summed E-state index contributed by atoms with van der Waals surface area (Å²) in [6, 6.07) is 8.35. The maximum Gasteiger partial charge on any atom is 0.266 e. The second-order valence-corrected chi connectivity index (χ2v) is 8.13. The van der Waals surface area contributed by atoms with E-state index in [4.69, 9.17) is 16.0 Å². The molecule has 0 atom stereocenters. The van der Waals surface area contributed by atoms with Crippen molar-refractivity contribution in [3.05, 3.63) is 46.8 Å². The molecule has 0 aliphatic rings. The quantitative estimate of drug-likeness (QED) is 0.715. The highest BCUT2D eigenvalue weighted by atomic mass is 35.5. The van der Waals surface area contributed by atoms with E-state index in [9.17, 15) is 8.42 Å². The van der Waals surface area contributed by atoms with E-state index in [2.05, 4.69) is 19.9 Å². The smallest absolute Gasteiger partial charge is 0.266 e. The molecule has 0 fully saturated rings. The van der Waals surface area contributed by atoms with Gasteiger partial charge in [0.2, 0.25) is 15.9 Å². The van der Waals surface area contributed by atoms with E-state index in [0.717, 1.165) is 11.3 Å². The fourth-order valence-electron chi connectivity index (χ4n) is 1.75. The molecule has 0 saturated carbocycles. The van der Waals surface area contributed by atoms with Crippen molar-refractivity contribution in [2.45, 2.75) is 10.6 Å². The number of halogens is 1. The van der Waals surface area contributed by atoms with Crippen LogP contribution in [0, 0.1) is 0 Å². The molecule has 0 aromatic carbocycles. The Morgan fingerprint density at radius 3 is 2.78 bits per heavy atom. The van der Waals surface area contributed by atoms with Crippen LogP contribution in [-0.4, -0.2) is 30.1 Å². The topological polar surface area (TPSA) is 98.0 Å². The van der Waals surface area contributed by atoms with E-state index in [-0.39, 0.29) is 17.2 Å². The van der Waals surface area contributed by atoms with Crippen LogP contribution < -0.4 is 4.72 Å². The van der Waals surface area contributed by atoms with E-state index in [1.807, 2.05) is 6.07 Å². The number of nitrogens with one attached hydrogen (secondary N) is 1. The van der Waals surface area contributed by atoms with Gasteiger partial charge in [0.05, 0.1) is 4.34 Å². The van der Waals surface area contributed by atoms with Gasteiger partial charge < -0.3 is 4.42 Å². The average Bonchev–Trinajstić information content (AvgIpc) is 3.17. The van der Waals surface area contributed by atoms with Gasteiger partial charge in [0, 0.05) is 19.2 Å². The van der Waals surface area contributed by atoms with Gasteiger partial charge in [-0.3, -0.25) is 4.98 Å². The standard InChI is InChI=1S/C13H11ClN4O3S2/c14-10-4-5-12(22-10)23(19,20)16-8-6-11-17-18-13(21-11)9-3-1-2-7-15-9/h1-5,7,16H,6,8H2. The summed E-state index contributed by atoms with van der Waals surface area (Å²) >= 11 is 6.74. The maximum absolute atomic E-state index is 12.0. The number of rotatable bonds is 6. The van der Waals surface area contributed by atoms with Crippen molar-refractivity contribution in [1.29, 1.82) is 0 Å². The minimum Gasteiger partial charge on any atom is -0.419 e. The van der Waals surface area contributed by atoms with Gasteiger partial charge in [0.1, 0.15) is 9.90 Å². The summed E-state index contributed by atoms with van der Waals surface area (Å²) in [5.41, 5.74) is 0.569. The number of pyridine rings is 1. The molecule has 23 heavy (non-hydrogen) atoms. The zero-order valence-electron chi connectivity index (χ0n) is 11.6. The van der Waals surface area contributed by atoms with Crippen LogP contribution in [0.4, 0.5) is 0 Å². The third-order valence-electron chi connectivity index (χ3n) is 2.80. The van der Waals surface area contributed by atoms with E-state index in [1.165, 1.54) is 12.1 Å². The van der Waals surface area contributed by atoms with Gasteiger partial charge in [-0.15, -0.1) is 21.5 Å². The lowest BCUT2D eigenvalue weighted by molar-refractivity contribution is 0.500. The molecule has 10 heteroatoms. The first-order chi connectivity index (χ1) is 11.0. The second kappa shape index (κ2) is 6.75. The van der Waals surface area contributed by atoms with Gasteiger partial charge in [-0.25, -0.2) is 13.1 Å². The fourth-order valence-corrected chi connectivity index (χ4v) is 4.31. The highest BCUT2D eigenvalue weighted by Crippen LogP contribution is 2.25. The fraction of sp³-hybridized carbons (Fsp3) is 0.154. The normalized spacial score (nSPS) is 11.7. The number of hydrogen-bond acceptors (Lipinski definition) is 7. The number of nitrogens with zero attached hydrogens (tertiary/aromatic N) is 3. The van der Waals surface area contributed by atoms with Crippen molar-refractivity contribution in [2.75, 3.05) is 6.54 Å². The van der Waals surface area contributed by atoms with Gasteiger partial charge in [-0.1, -0.05) is 17.7 Å². The summed E-state index contributed by atoms with van der Waals surface area (Å²) in [5, 5.41) is 7.77. The molecule has 0 aliphatic heterocycles. The molecule has 0 unspecified atom stereocenters. The number of thiophene rings is 1. The van der Waals surface area contributed by atoms with Crippen LogP contribution >= 0.6 is 22.9 Å². The van der Waals surface area contributed by atoms with Crippen LogP contribution in [0.1, 0.15) is 5.89 Å². The lowest BCUT2D eigenvalue weighted by Crippen LogP contribution is -2.25. The molecule has 0 spiro atoms. The highest BCUT2D eigenvalue weighted by Gasteiger charge is 2.17. The molecule has 0 amide bonds. The minimum atomic E-state index is -3.57. The lowest BCUT2D eigenvalue weighted by Gasteiger charge is -2.02. The van der Waals surface area contributed by atoms with Crippen molar-refractivity contribution >= 4 is 33.0 Å². The zero-order chi connectivity index (χ0) is 16.3. The van der Waals surface area contributed by atoms with Crippen LogP contribution in [-0.2, 0) is 16.4 Å². The Balaban J connectivity index is 1.60. The molecular weight excluding hydrogens is 360 g/mol. The minimum absolute atomic E-state index is 0.141. The van der Waals surface area contributed by atoms with Gasteiger partial charge in [0.15, 0.2) is 0 Å². The predicted molar refractivity (Wildman–Crippen MR) is 85.8 cm³/mol. The molecule has 7 nitrogen and oxygen atoms in total. The zero-order valence-corrected chi connectivity index (χ0v) is 14.0. The molecule has 1 N–H and O–H groups in total. The van der Waals surface area contributed by atoms with Crippen LogP contribution in [0.25, 0.3) is 11.6 Å². The van der Waals surface area contributed by atoms with Crippen LogP contribution in [0.3, 0.4) is 0 Å². The van der Waals surface area contributed by atoms with Crippen molar-refractivity contribution < 1.29 is 12.8 Å².